The fraction of sp³-hybridized carbons (Fsp3) is 0.0714. The van der Waals surface area contributed by atoms with Crippen molar-refractivity contribution in [2.75, 3.05) is 5.32 Å². The number of carboxylic acids is 1. The van der Waals surface area contributed by atoms with Gasteiger partial charge in [0.2, 0.25) is 0 Å². The van der Waals surface area contributed by atoms with Gasteiger partial charge in [0.15, 0.2) is 0 Å². The molecule has 0 atom stereocenters. The summed E-state index contributed by atoms with van der Waals surface area (Å²) in [6.45, 7) is 0.271. The fourth-order valence-corrected chi connectivity index (χ4v) is 2.37. The molecule has 0 aliphatic heterocycles. The number of rotatable bonds is 4. The summed E-state index contributed by atoms with van der Waals surface area (Å²) in [7, 11) is 0. The van der Waals surface area contributed by atoms with Crippen LogP contribution in [0, 0.1) is 11.6 Å². The van der Waals surface area contributed by atoms with Crippen molar-refractivity contribution < 1.29 is 18.7 Å². The Balaban J connectivity index is 2.21. The molecule has 0 amide bonds. The second-order valence-corrected chi connectivity index (χ2v) is 5.93. The van der Waals surface area contributed by atoms with E-state index >= 15 is 0 Å². The van der Waals surface area contributed by atoms with Gasteiger partial charge in [0, 0.05) is 21.6 Å². The molecule has 110 valence electrons. The van der Waals surface area contributed by atoms with Crippen molar-refractivity contribution in [3.8, 4) is 0 Å². The molecule has 21 heavy (non-hydrogen) atoms. The van der Waals surface area contributed by atoms with E-state index in [1.165, 1.54) is 0 Å². The van der Waals surface area contributed by atoms with Crippen molar-refractivity contribution >= 4 is 43.5 Å². The lowest BCUT2D eigenvalue weighted by Crippen LogP contribution is -2.06. The second kappa shape index (κ2) is 6.53. The Morgan fingerprint density at radius 1 is 1.10 bits per heavy atom. The monoisotopic (exact) mass is 419 g/mol. The van der Waals surface area contributed by atoms with Crippen LogP contribution in [-0.2, 0) is 6.54 Å². The van der Waals surface area contributed by atoms with Crippen molar-refractivity contribution in [2.24, 2.45) is 0 Å². The molecule has 0 saturated heterocycles. The molecular formula is C14H9Br2F2NO2. The van der Waals surface area contributed by atoms with E-state index in [2.05, 4.69) is 37.2 Å². The van der Waals surface area contributed by atoms with Gasteiger partial charge >= 0.3 is 5.97 Å². The first kappa shape index (κ1) is 15.9. The molecule has 0 bridgehead atoms. The zero-order valence-corrected chi connectivity index (χ0v) is 13.6. The Hall–Kier alpha value is -1.47. The van der Waals surface area contributed by atoms with Crippen LogP contribution in [0.4, 0.5) is 14.5 Å². The smallest absolute Gasteiger partial charge is 0.338 e. The van der Waals surface area contributed by atoms with Gasteiger partial charge in [0.1, 0.15) is 11.6 Å². The van der Waals surface area contributed by atoms with E-state index < -0.39 is 23.2 Å². The zero-order chi connectivity index (χ0) is 15.6. The lowest BCUT2D eigenvalue weighted by Gasteiger charge is -2.10. The fourth-order valence-electron chi connectivity index (χ4n) is 1.70. The third-order valence-corrected chi connectivity index (χ3v) is 4.63. The van der Waals surface area contributed by atoms with E-state index in [-0.39, 0.29) is 12.2 Å². The van der Waals surface area contributed by atoms with Crippen molar-refractivity contribution in [3.05, 3.63) is 62.0 Å². The van der Waals surface area contributed by atoms with Crippen LogP contribution < -0.4 is 5.32 Å². The summed E-state index contributed by atoms with van der Waals surface area (Å²) in [6.07, 6.45) is 0. The van der Waals surface area contributed by atoms with Gasteiger partial charge in [-0.3, -0.25) is 0 Å². The Labute approximate surface area is 136 Å². The van der Waals surface area contributed by atoms with Gasteiger partial charge in [-0.1, -0.05) is 6.07 Å². The SMILES string of the molecule is O=C(O)c1cc(NCc2ccc(Br)c(Br)c2)c(F)cc1F. The molecule has 2 N–H and O–H groups in total. The first-order valence-corrected chi connectivity index (χ1v) is 7.37. The number of aromatic carboxylic acids is 1. The number of benzene rings is 2. The molecule has 0 radical (unpaired) electrons. The molecule has 0 aromatic heterocycles. The highest BCUT2D eigenvalue weighted by Gasteiger charge is 2.15. The molecule has 0 aliphatic carbocycles. The van der Waals surface area contributed by atoms with E-state index in [9.17, 15) is 13.6 Å². The lowest BCUT2D eigenvalue weighted by atomic mass is 10.1. The quantitative estimate of drug-likeness (QED) is 0.746. The summed E-state index contributed by atoms with van der Waals surface area (Å²) >= 11 is 6.69. The first-order valence-electron chi connectivity index (χ1n) is 5.78. The van der Waals surface area contributed by atoms with Gasteiger partial charge in [-0.15, -0.1) is 0 Å². The largest absolute Gasteiger partial charge is 0.478 e. The minimum atomic E-state index is -1.44. The van der Waals surface area contributed by atoms with Gasteiger partial charge in [-0.05, 0) is 55.6 Å². The number of carbonyl (C=O) groups is 1. The summed E-state index contributed by atoms with van der Waals surface area (Å²) in [5, 5.41) is 11.6. The summed E-state index contributed by atoms with van der Waals surface area (Å²) in [6, 6.07) is 6.98. The lowest BCUT2D eigenvalue weighted by molar-refractivity contribution is 0.0692. The maximum absolute atomic E-state index is 13.6. The Morgan fingerprint density at radius 3 is 2.43 bits per heavy atom. The molecule has 0 aliphatic rings. The van der Waals surface area contributed by atoms with Crippen LogP contribution in [0.2, 0.25) is 0 Å². The molecule has 0 spiro atoms. The van der Waals surface area contributed by atoms with Crippen molar-refractivity contribution in [1.29, 1.82) is 0 Å². The number of anilines is 1. The molecule has 2 rings (SSSR count). The van der Waals surface area contributed by atoms with Gasteiger partial charge < -0.3 is 10.4 Å². The van der Waals surface area contributed by atoms with Crippen LogP contribution in [-0.4, -0.2) is 11.1 Å². The standard InChI is InChI=1S/C14H9Br2F2NO2/c15-9-2-1-7(3-10(9)16)6-19-13-4-8(14(20)21)11(17)5-12(13)18/h1-5,19H,6H2,(H,20,21). The molecule has 3 nitrogen and oxygen atoms in total. The maximum atomic E-state index is 13.6. The molecule has 0 heterocycles. The van der Waals surface area contributed by atoms with Crippen LogP contribution in [0.5, 0.6) is 0 Å². The minimum absolute atomic E-state index is 0.0622. The topological polar surface area (TPSA) is 49.3 Å². The Morgan fingerprint density at radius 2 is 1.81 bits per heavy atom. The summed E-state index contributed by atoms with van der Waals surface area (Å²) in [5.41, 5.74) is 0.217. The van der Waals surface area contributed by atoms with Gasteiger partial charge in [0.05, 0.1) is 11.3 Å². The number of hydrogen-bond acceptors (Lipinski definition) is 2. The average Bonchev–Trinajstić information content (AvgIpc) is 2.41. The predicted molar refractivity (Wildman–Crippen MR) is 82.5 cm³/mol. The van der Waals surface area contributed by atoms with Crippen LogP contribution in [0.15, 0.2) is 39.3 Å². The van der Waals surface area contributed by atoms with E-state index in [1.54, 1.807) is 0 Å². The van der Waals surface area contributed by atoms with Crippen LogP contribution in [0.25, 0.3) is 0 Å². The van der Waals surface area contributed by atoms with E-state index in [0.717, 1.165) is 20.6 Å². The number of hydrogen-bond donors (Lipinski definition) is 2. The maximum Gasteiger partial charge on any atom is 0.338 e. The molecule has 2 aromatic rings. The first-order chi connectivity index (χ1) is 9.88. The summed E-state index contributed by atoms with van der Waals surface area (Å²) < 4.78 is 28.6. The van der Waals surface area contributed by atoms with Gasteiger partial charge in [-0.2, -0.15) is 0 Å². The highest BCUT2D eigenvalue weighted by molar-refractivity contribution is 9.13. The Bertz CT molecular complexity index is 708. The normalized spacial score (nSPS) is 10.5. The molecule has 0 saturated carbocycles. The second-order valence-electron chi connectivity index (χ2n) is 4.22. The van der Waals surface area contributed by atoms with E-state index in [0.29, 0.717) is 6.07 Å². The molecule has 0 fully saturated rings. The van der Waals surface area contributed by atoms with Crippen molar-refractivity contribution in [3.63, 3.8) is 0 Å². The van der Waals surface area contributed by atoms with Crippen molar-refractivity contribution in [1.82, 2.24) is 0 Å². The summed E-state index contributed by atoms with van der Waals surface area (Å²) in [5.74, 6) is -3.38. The van der Waals surface area contributed by atoms with Gasteiger partial charge in [-0.25, -0.2) is 13.6 Å². The number of halogens is 4. The highest BCUT2D eigenvalue weighted by atomic mass is 79.9. The molecular weight excluding hydrogens is 412 g/mol. The van der Waals surface area contributed by atoms with Crippen molar-refractivity contribution in [2.45, 2.75) is 6.54 Å². The van der Waals surface area contributed by atoms with Crippen LogP contribution in [0.3, 0.4) is 0 Å². The van der Waals surface area contributed by atoms with Crippen LogP contribution >= 0.6 is 31.9 Å². The summed E-state index contributed by atoms with van der Waals surface area (Å²) in [4.78, 5) is 10.8. The average molecular weight is 421 g/mol. The highest BCUT2D eigenvalue weighted by Crippen LogP contribution is 2.25. The Kier molecular flexibility index (Phi) is 4.95. The number of nitrogens with one attached hydrogen (secondary N) is 1. The molecule has 7 heteroatoms. The van der Waals surface area contributed by atoms with E-state index in [1.807, 2.05) is 18.2 Å². The van der Waals surface area contributed by atoms with E-state index in [4.69, 9.17) is 5.11 Å². The molecule has 2 aromatic carbocycles. The third kappa shape index (κ3) is 3.79. The third-order valence-electron chi connectivity index (χ3n) is 2.75. The predicted octanol–water partition coefficient (Wildman–Crippen LogP) is 4.80. The number of carboxylic acid groups (broad SMARTS) is 1. The van der Waals surface area contributed by atoms with Gasteiger partial charge in [0.25, 0.3) is 0 Å². The van der Waals surface area contributed by atoms with Crippen LogP contribution in [0.1, 0.15) is 15.9 Å². The minimum Gasteiger partial charge on any atom is -0.478 e. The molecule has 0 unspecified atom stereocenters. The zero-order valence-electron chi connectivity index (χ0n) is 10.5.